The van der Waals surface area contributed by atoms with E-state index in [9.17, 15) is 19.4 Å². The summed E-state index contributed by atoms with van der Waals surface area (Å²) in [5.41, 5.74) is 0. The molecule has 0 rings (SSSR count). The summed E-state index contributed by atoms with van der Waals surface area (Å²) in [5.74, 6) is -0.212. The Kier molecular flexibility index (Phi) is 53.3. The minimum atomic E-state index is -4.61. The number of hydrogen-bond donors (Lipinski definition) is 2. The Morgan fingerprint density at radius 1 is 0.480 bits per heavy atom. The number of nitrogens with one attached hydrogen (secondary N) is 1. The van der Waals surface area contributed by atoms with E-state index in [1.54, 1.807) is 6.08 Å². The zero-order valence-electron chi connectivity index (χ0n) is 49.0. The predicted octanol–water partition coefficient (Wildman–Crippen LogP) is 18.3. The molecule has 1 amide bonds. The maximum atomic E-state index is 12.9. The lowest BCUT2D eigenvalue weighted by atomic mass is 10.0. The van der Waals surface area contributed by atoms with E-state index in [0.717, 1.165) is 89.9 Å². The van der Waals surface area contributed by atoms with E-state index in [4.69, 9.17) is 9.05 Å². The molecule has 0 saturated heterocycles. The van der Waals surface area contributed by atoms with Gasteiger partial charge in [0.05, 0.1) is 39.9 Å². The standard InChI is InChI=1S/C66H115N2O6P/c1-6-8-10-12-14-16-18-20-21-22-23-24-25-26-27-28-29-30-31-32-33-34-35-36-37-38-39-40-41-42-43-44-45-46-47-48-50-52-54-56-58-60-66(70)67-64(63-74-75(71,72)73-62-61-68(3,4)5)65(69)59-57-55-53-51-49-19-17-15-13-11-9-7-2/h8,10,14,16,20-21,23-24,26-27,29-30,32-33,35-36,49,51,57,59,64-65,69H,6-7,9,11-13,15,17-19,22,25,28,31,34,37-48,50,52-56,58,60-63H2,1-5H3,(H-,67,70,71,72)/b10-8-,16-14-,21-20-,24-23-,27-26-,30-29-,33-32-,36-35-,51-49+,59-57+. The number of hydrogen-bond acceptors (Lipinski definition) is 6. The van der Waals surface area contributed by atoms with E-state index in [1.165, 1.54) is 128 Å². The third kappa shape index (κ3) is 58.4. The number of carbonyl (C=O) groups excluding carboxylic acids is 1. The highest BCUT2D eigenvalue weighted by molar-refractivity contribution is 7.45. The lowest BCUT2D eigenvalue weighted by Gasteiger charge is -2.29. The SMILES string of the molecule is CC/C=C\C/C=C\C/C=C\C/C=C\C/C=C\C/C=C\C/C=C\C/C=C\CCCCCCCCCCCCCCCCCCC(=O)NC(COP(=O)([O-])OCC[N+](C)(C)C)C(O)/C=C/CC/C=C/CCCCCCCC. The van der Waals surface area contributed by atoms with Crippen LogP contribution in [-0.2, 0) is 18.4 Å². The highest BCUT2D eigenvalue weighted by Crippen LogP contribution is 2.38. The van der Waals surface area contributed by atoms with Crippen molar-refractivity contribution in [1.82, 2.24) is 5.32 Å². The number of rotatable bonds is 54. The van der Waals surface area contributed by atoms with Crippen LogP contribution < -0.4 is 10.2 Å². The van der Waals surface area contributed by atoms with Gasteiger partial charge in [0.25, 0.3) is 7.82 Å². The Morgan fingerprint density at radius 3 is 1.24 bits per heavy atom. The Morgan fingerprint density at radius 2 is 0.827 bits per heavy atom. The van der Waals surface area contributed by atoms with Gasteiger partial charge in [0, 0.05) is 6.42 Å². The van der Waals surface area contributed by atoms with Crippen LogP contribution in [0.25, 0.3) is 0 Å². The third-order valence-electron chi connectivity index (χ3n) is 12.9. The molecule has 8 nitrogen and oxygen atoms in total. The van der Waals surface area contributed by atoms with Gasteiger partial charge in [-0.15, -0.1) is 0 Å². The smallest absolute Gasteiger partial charge is 0.268 e. The van der Waals surface area contributed by atoms with Gasteiger partial charge in [0.15, 0.2) is 0 Å². The molecule has 0 fully saturated rings. The molecule has 0 spiro atoms. The minimum absolute atomic E-state index is 0.0102. The molecular formula is C66H115N2O6P. The zero-order valence-corrected chi connectivity index (χ0v) is 49.8. The quantitative estimate of drug-likeness (QED) is 0.0272. The van der Waals surface area contributed by atoms with Crippen molar-refractivity contribution in [3.63, 3.8) is 0 Å². The summed E-state index contributed by atoms with van der Waals surface area (Å²) in [5, 5.41) is 13.8. The van der Waals surface area contributed by atoms with Crippen molar-refractivity contribution < 1.29 is 32.9 Å². The number of amides is 1. The predicted molar refractivity (Wildman–Crippen MR) is 325 cm³/mol. The van der Waals surface area contributed by atoms with Crippen molar-refractivity contribution in [3.8, 4) is 0 Å². The summed E-state index contributed by atoms with van der Waals surface area (Å²) in [6.07, 6.45) is 83.0. The zero-order chi connectivity index (χ0) is 54.9. The van der Waals surface area contributed by atoms with Gasteiger partial charge in [0.2, 0.25) is 5.91 Å². The van der Waals surface area contributed by atoms with Crippen LogP contribution in [0.2, 0.25) is 0 Å². The van der Waals surface area contributed by atoms with E-state index in [2.05, 4.69) is 129 Å². The molecule has 0 bridgehead atoms. The summed E-state index contributed by atoms with van der Waals surface area (Å²) in [6, 6.07) is -0.908. The van der Waals surface area contributed by atoms with Crippen LogP contribution in [0.15, 0.2) is 122 Å². The topological polar surface area (TPSA) is 108 Å². The van der Waals surface area contributed by atoms with Gasteiger partial charge < -0.3 is 28.8 Å². The first kappa shape index (κ1) is 71.9. The number of nitrogens with zero attached hydrogens (tertiary/aromatic N) is 1. The Hall–Kier alpha value is -3.10. The molecule has 0 aromatic carbocycles. The Balaban J connectivity index is 3.98. The fourth-order valence-electron chi connectivity index (χ4n) is 8.18. The van der Waals surface area contributed by atoms with Crippen molar-refractivity contribution in [2.45, 2.75) is 251 Å². The second kappa shape index (κ2) is 55.6. The van der Waals surface area contributed by atoms with Crippen LogP contribution in [0.3, 0.4) is 0 Å². The Bertz CT molecular complexity index is 1630. The van der Waals surface area contributed by atoms with E-state index >= 15 is 0 Å². The lowest BCUT2D eigenvalue weighted by molar-refractivity contribution is -0.870. The second-order valence-electron chi connectivity index (χ2n) is 21.3. The average molecular weight is 1060 g/mol. The molecule has 3 unspecified atom stereocenters. The number of quaternary nitrogens is 1. The second-order valence-corrected chi connectivity index (χ2v) is 22.7. The summed E-state index contributed by atoms with van der Waals surface area (Å²) in [7, 11) is 1.23. The molecule has 0 aromatic heterocycles. The summed E-state index contributed by atoms with van der Waals surface area (Å²) < 4.78 is 23.3. The average Bonchev–Trinajstić information content (AvgIpc) is 3.37. The lowest BCUT2D eigenvalue weighted by Crippen LogP contribution is -2.45. The molecule has 0 aliphatic heterocycles. The highest BCUT2D eigenvalue weighted by atomic mass is 31.2. The van der Waals surface area contributed by atoms with E-state index in [1.807, 2.05) is 27.2 Å². The monoisotopic (exact) mass is 1060 g/mol. The number of phosphoric acid groups is 1. The summed E-state index contributed by atoms with van der Waals surface area (Å²) in [4.78, 5) is 25.4. The number of aliphatic hydroxyl groups is 1. The van der Waals surface area contributed by atoms with Gasteiger partial charge in [-0.2, -0.15) is 0 Å². The maximum absolute atomic E-state index is 12.9. The molecule has 3 atom stereocenters. The molecule has 430 valence electrons. The van der Waals surface area contributed by atoms with E-state index in [0.29, 0.717) is 17.4 Å². The fourth-order valence-corrected chi connectivity index (χ4v) is 8.91. The first-order chi connectivity index (χ1) is 36.5. The van der Waals surface area contributed by atoms with E-state index < -0.39 is 26.6 Å². The molecule has 0 saturated carbocycles. The molecule has 9 heteroatoms. The van der Waals surface area contributed by atoms with Crippen molar-refractivity contribution >= 4 is 13.7 Å². The Labute approximate surface area is 463 Å². The number of unbranched alkanes of at least 4 members (excludes halogenated alkanes) is 23. The van der Waals surface area contributed by atoms with Crippen LogP contribution in [0.5, 0.6) is 0 Å². The third-order valence-corrected chi connectivity index (χ3v) is 13.9. The molecule has 0 radical (unpaired) electrons. The molecule has 0 heterocycles. The molecular weight excluding hydrogens is 948 g/mol. The van der Waals surface area contributed by atoms with Crippen LogP contribution in [0.4, 0.5) is 0 Å². The highest BCUT2D eigenvalue weighted by Gasteiger charge is 2.23. The van der Waals surface area contributed by atoms with Gasteiger partial charge in [-0.25, -0.2) is 0 Å². The van der Waals surface area contributed by atoms with Gasteiger partial charge in [-0.3, -0.25) is 9.36 Å². The number of likely N-dealkylation sites (N-methyl/N-ethyl adjacent to an activating group) is 1. The molecule has 0 aromatic rings. The van der Waals surface area contributed by atoms with Crippen LogP contribution >= 0.6 is 7.82 Å². The number of carbonyl (C=O) groups is 1. The number of allylic oxidation sites excluding steroid dienone is 19. The first-order valence-corrected chi connectivity index (χ1v) is 31.9. The van der Waals surface area contributed by atoms with Gasteiger partial charge in [-0.1, -0.05) is 257 Å². The fraction of sp³-hybridized carbons (Fsp3) is 0.682. The van der Waals surface area contributed by atoms with Crippen LogP contribution in [-0.4, -0.2) is 68.5 Å². The number of phosphoric ester groups is 1. The molecule has 75 heavy (non-hydrogen) atoms. The van der Waals surface area contributed by atoms with Gasteiger partial charge in [0.1, 0.15) is 13.2 Å². The van der Waals surface area contributed by atoms with Crippen LogP contribution in [0.1, 0.15) is 239 Å². The summed E-state index contributed by atoms with van der Waals surface area (Å²) in [6.45, 7) is 4.48. The first-order valence-electron chi connectivity index (χ1n) is 30.4. The van der Waals surface area contributed by atoms with Crippen molar-refractivity contribution in [1.29, 1.82) is 0 Å². The maximum Gasteiger partial charge on any atom is 0.268 e. The number of aliphatic hydroxyl groups excluding tert-OH is 1. The van der Waals surface area contributed by atoms with Crippen molar-refractivity contribution in [2.75, 3.05) is 40.9 Å². The normalized spacial score (nSPS) is 14.7. The van der Waals surface area contributed by atoms with Gasteiger partial charge >= 0.3 is 0 Å². The van der Waals surface area contributed by atoms with Crippen molar-refractivity contribution in [3.05, 3.63) is 122 Å². The van der Waals surface area contributed by atoms with E-state index in [-0.39, 0.29) is 12.5 Å². The molecule has 0 aliphatic rings. The molecule has 0 aliphatic carbocycles. The van der Waals surface area contributed by atoms with Gasteiger partial charge in [-0.05, 0) is 96.3 Å². The largest absolute Gasteiger partial charge is 0.756 e. The van der Waals surface area contributed by atoms with Crippen LogP contribution in [0, 0.1) is 0 Å². The minimum Gasteiger partial charge on any atom is -0.756 e. The molecule has 2 N–H and O–H groups in total. The summed E-state index contributed by atoms with van der Waals surface area (Å²) >= 11 is 0. The van der Waals surface area contributed by atoms with Crippen molar-refractivity contribution in [2.24, 2.45) is 0 Å².